The molecule has 1 aliphatic heterocycles. The van der Waals surface area contributed by atoms with Crippen LogP contribution in [-0.2, 0) is 9.53 Å². The van der Waals surface area contributed by atoms with Crippen molar-refractivity contribution in [2.75, 3.05) is 18.5 Å². The van der Waals surface area contributed by atoms with Crippen LogP contribution in [0, 0.1) is 6.92 Å². The van der Waals surface area contributed by atoms with Gasteiger partial charge in [-0.3, -0.25) is 4.79 Å². The Balaban J connectivity index is 1.55. The smallest absolute Gasteiger partial charge is 0.217 e. The number of ether oxygens (including phenoxy) is 2. The third kappa shape index (κ3) is 5.36. The lowest BCUT2D eigenvalue weighted by atomic mass is 9.91. The van der Waals surface area contributed by atoms with E-state index in [0.29, 0.717) is 18.7 Å². The summed E-state index contributed by atoms with van der Waals surface area (Å²) in [4.78, 5) is 11.2. The molecule has 3 rings (SSSR count). The highest BCUT2D eigenvalue weighted by Crippen LogP contribution is 2.30. The summed E-state index contributed by atoms with van der Waals surface area (Å²) >= 11 is 0. The van der Waals surface area contributed by atoms with Crippen LogP contribution in [0.5, 0.6) is 5.75 Å². The van der Waals surface area contributed by atoms with Gasteiger partial charge in [-0.05, 0) is 63.1 Å². The lowest BCUT2D eigenvalue weighted by molar-refractivity contribution is -0.119. The van der Waals surface area contributed by atoms with Crippen molar-refractivity contribution in [1.29, 1.82) is 0 Å². The molecular weight excluding hydrogens is 316 g/mol. The number of benzene rings is 1. The standard InChI is InChI=1S/C20H30N2O3/c1-14-5-10-19(20(12-14)25-13-18-4-3-11-24-18)22-17-8-6-16(7-9-17)21-15(2)23/h5,10,12,16-18,22H,3-4,6-9,11,13H2,1-2H3,(H,21,23)/t16?,17?,18-/m1/s1. The van der Waals surface area contributed by atoms with Gasteiger partial charge in [-0.2, -0.15) is 0 Å². The molecule has 0 unspecified atom stereocenters. The minimum Gasteiger partial charge on any atom is -0.489 e. The van der Waals surface area contributed by atoms with Crippen LogP contribution in [0.25, 0.3) is 0 Å². The van der Waals surface area contributed by atoms with Crippen molar-refractivity contribution >= 4 is 11.6 Å². The van der Waals surface area contributed by atoms with E-state index in [1.54, 1.807) is 6.92 Å². The van der Waals surface area contributed by atoms with E-state index in [1.165, 1.54) is 5.56 Å². The summed E-state index contributed by atoms with van der Waals surface area (Å²) in [6.07, 6.45) is 6.60. The van der Waals surface area contributed by atoms with E-state index in [9.17, 15) is 4.79 Å². The molecule has 5 nitrogen and oxygen atoms in total. The van der Waals surface area contributed by atoms with Crippen LogP contribution in [0.3, 0.4) is 0 Å². The van der Waals surface area contributed by atoms with Crippen LogP contribution in [0.1, 0.15) is 51.0 Å². The van der Waals surface area contributed by atoms with Crippen LogP contribution in [-0.4, -0.2) is 37.3 Å². The van der Waals surface area contributed by atoms with E-state index in [0.717, 1.165) is 56.6 Å². The minimum atomic E-state index is 0.0692. The largest absolute Gasteiger partial charge is 0.489 e. The number of amides is 1. The number of hydrogen-bond acceptors (Lipinski definition) is 4. The maximum Gasteiger partial charge on any atom is 0.217 e. The molecule has 2 N–H and O–H groups in total. The summed E-state index contributed by atoms with van der Waals surface area (Å²) in [6.45, 7) is 5.15. The van der Waals surface area contributed by atoms with Crippen molar-refractivity contribution in [3.8, 4) is 5.75 Å². The molecule has 1 aromatic carbocycles. The first-order chi connectivity index (χ1) is 12.1. The summed E-state index contributed by atoms with van der Waals surface area (Å²) in [5.74, 6) is 0.985. The van der Waals surface area contributed by atoms with Crippen molar-refractivity contribution in [1.82, 2.24) is 5.32 Å². The molecule has 0 bridgehead atoms. The molecule has 0 aromatic heterocycles. The number of hydrogen-bond donors (Lipinski definition) is 2. The number of nitrogens with one attached hydrogen (secondary N) is 2. The molecule has 1 amide bonds. The van der Waals surface area contributed by atoms with Crippen molar-refractivity contribution in [2.45, 2.75) is 70.6 Å². The van der Waals surface area contributed by atoms with E-state index in [2.05, 4.69) is 35.8 Å². The zero-order chi connectivity index (χ0) is 17.6. The third-order valence-corrected chi connectivity index (χ3v) is 5.08. The molecule has 2 aliphatic rings. The molecule has 1 saturated carbocycles. The van der Waals surface area contributed by atoms with E-state index >= 15 is 0 Å². The molecule has 1 atom stereocenters. The first-order valence-corrected chi connectivity index (χ1v) is 9.49. The predicted octanol–water partition coefficient (Wildman–Crippen LogP) is 3.41. The Bertz CT molecular complexity index is 576. The SMILES string of the molecule is CC(=O)NC1CCC(Nc2ccc(C)cc2OC[C@H]2CCCO2)CC1. The van der Waals surface area contributed by atoms with Crippen LogP contribution in [0.4, 0.5) is 5.69 Å². The Labute approximate surface area is 150 Å². The number of carbonyl (C=O) groups excluding carboxylic acids is 1. The zero-order valence-electron chi connectivity index (χ0n) is 15.3. The molecule has 1 saturated heterocycles. The number of carbonyl (C=O) groups is 1. The number of rotatable bonds is 6. The quantitative estimate of drug-likeness (QED) is 0.829. The fourth-order valence-electron chi connectivity index (χ4n) is 3.72. The fourth-order valence-corrected chi connectivity index (χ4v) is 3.72. The van der Waals surface area contributed by atoms with Crippen LogP contribution in [0.15, 0.2) is 18.2 Å². The molecule has 1 heterocycles. The van der Waals surface area contributed by atoms with Gasteiger partial charge in [0.15, 0.2) is 0 Å². The van der Waals surface area contributed by atoms with Crippen LogP contribution >= 0.6 is 0 Å². The molecule has 138 valence electrons. The van der Waals surface area contributed by atoms with Gasteiger partial charge in [-0.15, -0.1) is 0 Å². The van der Waals surface area contributed by atoms with Crippen molar-refractivity contribution < 1.29 is 14.3 Å². The Morgan fingerprint density at radius 2 is 1.96 bits per heavy atom. The van der Waals surface area contributed by atoms with E-state index in [4.69, 9.17) is 9.47 Å². The Kier molecular flexibility index (Phi) is 6.19. The number of aryl methyl sites for hydroxylation is 1. The van der Waals surface area contributed by atoms with Gasteiger partial charge in [0.25, 0.3) is 0 Å². The van der Waals surface area contributed by atoms with Gasteiger partial charge in [-0.25, -0.2) is 0 Å². The average molecular weight is 346 g/mol. The second-order valence-electron chi connectivity index (χ2n) is 7.34. The second-order valence-corrected chi connectivity index (χ2v) is 7.34. The monoisotopic (exact) mass is 346 g/mol. The normalized spacial score (nSPS) is 26.2. The van der Waals surface area contributed by atoms with Crippen molar-refractivity contribution in [3.05, 3.63) is 23.8 Å². The Morgan fingerprint density at radius 1 is 1.20 bits per heavy atom. The molecular formula is C20H30N2O3. The van der Waals surface area contributed by atoms with E-state index in [-0.39, 0.29) is 12.0 Å². The highest BCUT2D eigenvalue weighted by molar-refractivity contribution is 5.73. The topological polar surface area (TPSA) is 59.6 Å². The highest BCUT2D eigenvalue weighted by Gasteiger charge is 2.23. The van der Waals surface area contributed by atoms with Gasteiger partial charge in [0, 0.05) is 25.6 Å². The lowest BCUT2D eigenvalue weighted by Crippen LogP contribution is -2.39. The van der Waals surface area contributed by atoms with Gasteiger partial charge < -0.3 is 20.1 Å². The maximum atomic E-state index is 11.2. The van der Waals surface area contributed by atoms with Gasteiger partial charge >= 0.3 is 0 Å². The summed E-state index contributed by atoms with van der Waals surface area (Å²) in [5, 5.41) is 6.68. The van der Waals surface area contributed by atoms with Gasteiger partial charge in [-0.1, -0.05) is 6.07 Å². The summed E-state index contributed by atoms with van der Waals surface area (Å²) < 4.78 is 11.7. The highest BCUT2D eigenvalue weighted by atomic mass is 16.5. The van der Waals surface area contributed by atoms with E-state index < -0.39 is 0 Å². The molecule has 0 radical (unpaired) electrons. The molecule has 0 spiro atoms. The molecule has 1 aliphatic carbocycles. The van der Waals surface area contributed by atoms with Crippen LogP contribution < -0.4 is 15.4 Å². The van der Waals surface area contributed by atoms with E-state index in [1.807, 2.05) is 0 Å². The zero-order valence-corrected chi connectivity index (χ0v) is 15.3. The predicted molar refractivity (Wildman–Crippen MR) is 99.1 cm³/mol. The summed E-state index contributed by atoms with van der Waals surface area (Å²) in [7, 11) is 0. The first kappa shape index (κ1) is 18.1. The summed E-state index contributed by atoms with van der Waals surface area (Å²) in [6, 6.07) is 7.08. The maximum absolute atomic E-state index is 11.2. The fraction of sp³-hybridized carbons (Fsp3) is 0.650. The summed E-state index contributed by atoms with van der Waals surface area (Å²) in [5.41, 5.74) is 2.26. The molecule has 1 aromatic rings. The van der Waals surface area contributed by atoms with Gasteiger partial charge in [0.2, 0.25) is 5.91 Å². The molecule has 25 heavy (non-hydrogen) atoms. The number of anilines is 1. The second kappa shape index (κ2) is 8.56. The minimum absolute atomic E-state index is 0.0692. The Hall–Kier alpha value is -1.75. The van der Waals surface area contributed by atoms with Gasteiger partial charge in [0.1, 0.15) is 12.4 Å². The van der Waals surface area contributed by atoms with Crippen molar-refractivity contribution in [3.63, 3.8) is 0 Å². The molecule has 2 fully saturated rings. The molecule has 5 heteroatoms. The lowest BCUT2D eigenvalue weighted by Gasteiger charge is -2.30. The van der Waals surface area contributed by atoms with Crippen molar-refractivity contribution in [2.24, 2.45) is 0 Å². The average Bonchev–Trinajstić information content (AvgIpc) is 3.10. The van der Waals surface area contributed by atoms with Gasteiger partial charge in [0.05, 0.1) is 11.8 Å². The third-order valence-electron chi connectivity index (χ3n) is 5.08. The Morgan fingerprint density at radius 3 is 2.64 bits per heavy atom. The first-order valence-electron chi connectivity index (χ1n) is 9.49. The van der Waals surface area contributed by atoms with Crippen LogP contribution in [0.2, 0.25) is 0 Å².